The van der Waals surface area contributed by atoms with E-state index in [0.29, 0.717) is 6.20 Å². The zero-order chi connectivity index (χ0) is 13.3. The third-order valence-corrected chi connectivity index (χ3v) is 3.55. The number of hydrogen-bond acceptors (Lipinski definition) is 4. The molecule has 0 radical (unpaired) electrons. The Morgan fingerprint density at radius 3 is 2.67 bits per heavy atom. The number of carbonyl (C=O) groups is 1. The zero-order valence-electron chi connectivity index (χ0n) is 8.53. The van der Waals surface area contributed by atoms with Gasteiger partial charge < -0.3 is 0 Å². The summed E-state index contributed by atoms with van der Waals surface area (Å²) in [6.45, 7) is 0. The Hall–Kier alpha value is -1.28. The second-order valence-corrected chi connectivity index (χ2v) is 4.84. The first-order valence-electron chi connectivity index (χ1n) is 4.60. The highest BCUT2D eigenvalue weighted by Gasteiger charge is 2.32. The van der Waals surface area contributed by atoms with Crippen molar-refractivity contribution < 1.29 is 18.0 Å². The normalized spacial score (nSPS) is 19.1. The quantitative estimate of drug-likeness (QED) is 0.911. The van der Waals surface area contributed by atoms with Crippen LogP contribution in [0.15, 0.2) is 22.4 Å². The van der Waals surface area contributed by atoms with Crippen LogP contribution in [0.1, 0.15) is 5.56 Å². The average molecular weight is 296 g/mol. The Balaban J connectivity index is 2.20. The molecule has 96 valence electrons. The number of pyridine rings is 1. The molecule has 0 aliphatic carbocycles. The Kier molecular flexibility index (Phi) is 3.49. The van der Waals surface area contributed by atoms with Crippen LogP contribution in [0, 0.1) is 0 Å². The molecule has 0 saturated heterocycles. The summed E-state index contributed by atoms with van der Waals surface area (Å²) >= 11 is 6.64. The number of hydrazone groups is 1. The molecule has 1 atom stereocenters. The van der Waals surface area contributed by atoms with E-state index in [4.69, 9.17) is 11.6 Å². The van der Waals surface area contributed by atoms with Gasteiger partial charge in [-0.1, -0.05) is 23.4 Å². The van der Waals surface area contributed by atoms with E-state index in [0.717, 1.165) is 17.8 Å². The molecular weight excluding hydrogens is 291 g/mol. The lowest BCUT2D eigenvalue weighted by Crippen LogP contribution is -2.22. The summed E-state index contributed by atoms with van der Waals surface area (Å²) in [6.07, 6.45) is -2.48. The molecule has 1 aliphatic rings. The lowest BCUT2D eigenvalue weighted by Gasteiger charge is -2.09. The minimum absolute atomic E-state index is 0.150. The van der Waals surface area contributed by atoms with Gasteiger partial charge in [0.1, 0.15) is 10.3 Å². The van der Waals surface area contributed by atoms with Crippen LogP contribution in [0.3, 0.4) is 0 Å². The van der Waals surface area contributed by atoms with E-state index >= 15 is 0 Å². The predicted molar refractivity (Wildman–Crippen MR) is 60.5 cm³/mol. The van der Waals surface area contributed by atoms with Gasteiger partial charge in [0, 0.05) is 12.4 Å². The van der Waals surface area contributed by atoms with E-state index in [2.05, 4.69) is 15.5 Å². The standard InChI is InChI=1S/C9H5ClF3N3OS/c10-5-1-4(9(11,12)13)2-14-8(5)18-6-3-15-16-7(6)17/h1-3,6H,(H,16,17)/t6-/m0/s1. The van der Waals surface area contributed by atoms with Gasteiger partial charge in [-0.3, -0.25) is 4.79 Å². The van der Waals surface area contributed by atoms with Gasteiger partial charge in [0.25, 0.3) is 5.91 Å². The van der Waals surface area contributed by atoms with Crippen molar-refractivity contribution in [3.8, 4) is 0 Å². The molecule has 0 saturated carbocycles. The zero-order valence-corrected chi connectivity index (χ0v) is 10.1. The van der Waals surface area contributed by atoms with E-state index in [1.165, 1.54) is 6.21 Å². The van der Waals surface area contributed by atoms with Crippen molar-refractivity contribution in [3.63, 3.8) is 0 Å². The van der Waals surface area contributed by atoms with Gasteiger partial charge in [0.15, 0.2) is 0 Å². The summed E-state index contributed by atoms with van der Waals surface area (Å²) in [6, 6.07) is 0.779. The highest BCUT2D eigenvalue weighted by atomic mass is 35.5. The molecule has 18 heavy (non-hydrogen) atoms. The smallest absolute Gasteiger partial charge is 0.271 e. The number of hydrogen-bond donors (Lipinski definition) is 1. The molecule has 0 bridgehead atoms. The highest BCUT2D eigenvalue weighted by molar-refractivity contribution is 8.01. The number of thioether (sulfide) groups is 1. The molecule has 0 spiro atoms. The summed E-state index contributed by atoms with van der Waals surface area (Å²) in [5.41, 5.74) is 1.27. The fourth-order valence-electron chi connectivity index (χ4n) is 1.17. The van der Waals surface area contributed by atoms with E-state index in [-0.39, 0.29) is 16.0 Å². The molecule has 1 amide bonds. The Labute approximate surface area is 109 Å². The number of aromatic nitrogens is 1. The Morgan fingerprint density at radius 2 is 2.17 bits per heavy atom. The Morgan fingerprint density at radius 1 is 1.44 bits per heavy atom. The summed E-state index contributed by atoms with van der Waals surface area (Å²) in [4.78, 5) is 14.8. The second kappa shape index (κ2) is 4.77. The van der Waals surface area contributed by atoms with Gasteiger partial charge in [-0.05, 0) is 6.07 Å². The van der Waals surface area contributed by atoms with E-state index < -0.39 is 17.0 Å². The molecule has 1 aliphatic heterocycles. The fraction of sp³-hybridized carbons (Fsp3) is 0.222. The molecule has 0 aromatic carbocycles. The molecular formula is C9H5ClF3N3OS. The number of nitrogens with one attached hydrogen (secondary N) is 1. The van der Waals surface area contributed by atoms with Crippen LogP contribution in [0.4, 0.5) is 13.2 Å². The first kappa shape index (κ1) is 13.2. The first-order chi connectivity index (χ1) is 8.38. The SMILES string of the molecule is O=C1NN=C[C@@H]1Sc1ncc(C(F)(F)F)cc1Cl. The number of alkyl halides is 3. The molecule has 1 N–H and O–H groups in total. The number of nitrogens with zero attached hydrogens (tertiary/aromatic N) is 2. The second-order valence-electron chi connectivity index (χ2n) is 3.30. The molecule has 0 fully saturated rings. The summed E-state index contributed by atoms with van der Waals surface area (Å²) in [5.74, 6) is -0.363. The van der Waals surface area contributed by atoms with Crippen LogP contribution in [0.25, 0.3) is 0 Å². The predicted octanol–water partition coefficient (Wildman–Crippen LogP) is 2.33. The highest BCUT2D eigenvalue weighted by Crippen LogP contribution is 2.34. The lowest BCUT2D eigenvalue weighted by atomic mass is 10.3. The van der Waals surface area contributed by atoms with Crippen molar-refractivity contribution in [1.82, 2.24) is 10.4 Å². The minimum atomic E-state index is -4.49. The largest absolute Gasteiger partial charge is 0.417 e. The number of rotatable bonds is 2. The van der Waals surface area contributed by atoms with Crippen LogP contribution in [-0.2, 0) is 11.0 Å². The van der Waals surface area contributed by atoms with Crippen molar-refractivity contribution >= 4 is 35.5 Å². The van der Waals surface area contributed by atoms with Crippen molar-refractivity contribution in [3.05, 3.63) is 22.8 Å². The number of carbonyl (C=O) groups excluding carboxylic acids is 1. The van der Waals surface area contributed by atoms with Crippen molar-refractivity contribution in [2.75, 3.05) is 0 Å². The van der Waals surface area contributed by atoms with E-state index in [1.807, 2.05) is 0 Å². The van der Waals surface area contributed by atoms with Crippen molar-refractivity contribution in [2.45, 2.75) is 16.5 Å². The van der Waals surface area contributed by atoms with Gasteiger partial charge in [0.2, 0.25) is 0 Å². The molecule has 2 rings (SSSR count). The number of amides is 1. The monoisotopic (exact) mass is 295 g/mol. The molecule has 2 heterocycles. The van der Waals surface area contributed by atoms with Crippen LogP contribution in [0.2, 0.25) is 5.02 Å². The maximum Gasteiger partial charge on any atom is 0.417 e. The maximum atomic E-state index is 12.4. The molecule has 4 nitrogen and oxygen atoms in total. The molecule has 9 heteroatoms. The van der Waals surface area contributed by atoms with Gasteiger partial charge in [-0.25, -0.2) is 10.4 Å². The van der Waals surface area contributed by atoms with Crippen LogP contribution in [0.5, 0.6) is 0 Å². The van der Waals surface area contributed by atoms with Gasteiger partial charge in [-0.2, -0.15) is 18.3 Å². The van der Waals surface area contributed by atoms with Crippen LogP contribution in [-0.4, -0.2) is 22.4 Å². The maximum absolute atomic E-state index is 12.4. The van der Waals surface area contributed by atoms with E-state index in [9.17, 15) is 18.0 Å². The van der Waals surface area contributed by atoms with Crippen LogP contribution >= 0.6 is 23.4 Å². The van der Waals surface area contributed by atoms with Crippen LogP contribution < -0.4 is 5.43 Å². The fourth-order valence-corrected chi connectivity index (χ4v) is 2.28. The van der Waals surface area contributed by atoms with Gasteiger partial charge >= 0.3 is 6.18 Å². The summed E-state index contributed by atoms with van der Waals surface area (Å²) in [5, 5.41) is 2.90. The summed E-state index contributed by atoms with van der Waals surface area (Å²) in [7, 11) is 0. The van der Waals surface area contributed by atoms with E-state index in [1.54, 1.807) is 0 Å². The molecule has 0 unspecified atom stereocenters. The number of halogens is 4. The first-order valence-corrected chi connectivity index (χ1v) is 5.86. The van der Waals surface area contributed by atoms with Gasteiger partial charge in [0.05, 0.1) is 10.6 Å². The third-order valence-electron chi connectivity index (χ3n) is 2.02. The third kappa shape index (κ3) is 2.75. The topological polar surface area (TPSA) is 54.4 Å². The Bertz CT molecular complexity index is 520. The lowest BCUT2D eigenvalue weighted by molar-refractivity contribution is -0.137. The van der Waals surface area contributed by atoms with Gasteiger partial charge in [-0.15, -0.1) is 0 Å². The van der Waals surface area contributed by atoms with Crippen molar-refractivity contribution in [2.24, 2.45) is 5.10 Å². The average Bonchev–Trinajstić information content (AvgIpc) is 2.66. The summed E-state index contributed by atoms with van der Waals surface area (Å²) < 4.78 is 37.1. The molecule has 1 aromatic heterocycles. The van der Waals surface area contributed by atoms with Crippen molar-refractivity contribution in [1.29, 1.82) is 0 Å². The molecule has 1 aromatic rings. The minimum Gasteiger partial charge on any atom is -0.271 e.